The Morgan fingerprint density at radius 2 is 1.75 bits per heavy atom. The number of aryl methyl sites for hydroxylation is 2. The molecule has 1 amide bonds. The highest BCUT2D eigenvalue weighted by molar-refractivity contribution is 7.89. The number of rotatable bonds is 5. The summed E-state index contributed by atoms with van der Waals surface area (Å²) in [6.07, 6.45) is 6.03. The first kappa shape index (κ1) is 25.1. The summed E-state index contributed by atoms with van der Waals surface area (Å²) in [5.41, 5.74) is 2.38. The molecule has 2 aromatic rings. The SMILES string of the molecule is Cc1ccc(/C=C/c2onc(C)c2S(=O)(=O)N2CCCC(C(=O)N3CCC4(CC3)OCCO4)C2)cc1. The van der Waals surface area contributed by atoms with Gasteiger partial charge in [-0.1, -0.05) is 41.1 Å². The summed E-state index contributed by atoms with van der Waals surface area (Å²) >= 11 is 0. The van der Waals surface area contributed by atoms with Gasteiger partial charge in [0.15, 0.2) is 16.4 Å². The van der Waals surface area contributed by atoms with Gasteiger partial charge in [0.05, 0.1) is 19.1 Å². The molecule has 0 bridgehead atoms. The van der Waals surface area contributed by atoms with Crippen LogP contribution in [0.15, 0.2) is 33.7 Å². The molecule has 1 spiro atoms. The fraction of sp³-hybridized carbons (Fsp3) is 0.538. The standard InChI is InChI=1S/C26H33N3O6S/c1-19-5-7-21(8-6-19)9-10-23-24(20(2)27-35-23)36(31,32)29-13-3-4-22(18-29)25(30)28-14-11-26(12-15-28)33-16-17-34-26/h5-10,22H,3-4,11-18H2,1-2H3/b10-9+. The number of carbonyl (C=O) groups excluding carboxylic acids is 1. The summed E-state index contributed by atoms with van der Waals surface area (Å²) < 4.78 is 45.7. The van der Waals surface area contributed by atoms with Crippen LogP contribution in [-0.4, -0.2) is 73.9 Å². The zero-order chi connectivity index (χ0) is 25.3. The van der Waals surface area contributed by atoms with Crippen LogP contribution in [-0.2, 0) is 24.3 Å². The molecule has 3 aliphatic rings. The van der Waals surface area contributed by atoms with Crippen LogP contribution in [0, 0.1) is 19.8 Å². The molecule has 0 N–H and O–H groups in total. The molecule has 5 rings (SSSR count). The normalized spacial score (nSPS) is 23.1. The van der Waals surface area contributed by atoms with Gasteiger partial charge < -0.3 is 18.9 Å². The predicted molar refractivity (Wildman–Crippen MR) is 133 cm³/mol. The van der Waals surface area contributed by atoms with Crippen LogP contribution >= 0.6 is 0 Å². The molecule has 9 nitrogen and oxygen atoms in total. The zero-order valence-corrected chi connectivity index (χ0v) is 21.6. The maximum absolute atomic E-state index is 13.7. The van der Waals surface area contributed by atoms with Gasteiger partial charge in [0.25, 0.3) is 0 Å². The van der Waals surface area contributed by atoms with E-state index in [0.717, 1.165) is 11.1 Å². The first-order chi connectivity index (χ1) is 17.3. The summed E-state index contributed by atoms with van der Waals surface area (Å²) in [6, 6.07) is 7.89. The van der Waals surface area contributed by atoms with Gasteiger partial charge in [0.2, 0.25) is 15.9 Å². The van der Waals surface area contributed by atoms with E-state index in [4.69, 9.17) is 14.0 Å². The number of hydrogen-bond acceptors (Lipinski definition) is 7. The van der Waals surface area contributed by atoms with Crippen LogP contribution in [0.4, 0.5) is 0 Å². The number of sulfonamides is 1. The van der Waals surface area contributed by atoms with Gasteiger partial charge in [0.1, 0.15) is 5.69 Å². The Balaban J connectivity index is 1.29. The molecule has 4 heterocycles. The van der Waals surface area contributed by atoms with Gasteiger partial charge in [0, 0.05) is 39.0 Å². The lowest BCUT2D eigenvalue weighted by atomic mass is 9.96. The van der Waals surface area contributed by atoms with Crippen molar-refractivity contribution in [1.29, 1.82) is 0 Å². The lowest BCUT2D eigenvalue weighted by Gasteiger charge is -2.40. The topological polar surface area (TPSA) is 102 Å². The van der Waals surface area contributed by atoms with E-state index < -0.39 is 15.8 Å². The second-order valence-electron chi connectivity index (χ2n) is 9.84. The summed E-state index contributed by atoms with van der Waals surface area (Å²) in [5.74, 6) is -0.726. The van der Waals surface area contributed by atoms with Crippen LogP contribution in [0.2, 0.25) is 0 Å². The maximum atomic E-state index is 13.7. The Labute approximate surface area is 212 Å². The average molecular weight is 516 g/mol. The van der Waals surface area contributed by atoms with Crippen molar-refractivity contribution in [2.75, 3.05) is 39.4 Å². The van der Waals surface area contributed by atoms with E-state index in [9.17, 15) is 13.2 Å². The van der Waals surface area contributed by atoms with Crippen LogP contribution < -0.4 is 0 Å². The number of aromatic nitrogens is 1. The van der Waals surface area contributed by atoms with Gasteiger partial charge in [-0.25, -0.2) is 8.42 Å². The molecule has 194 valence electrons. The largest absolute Gasteiger partial charge is 0.355 e. The summed E-state index contributed by atoms with van der Waals surface area (Å²) in [4.78, 5) is 15.2. The molecule has 36 heavy (non-hydrogen) atoms. The van der Waals surface area contributed by atoms with E-state index in [0.29, 0.717) is 64.2 Å². The molecule has 0 aliphatic carbocycles. The molecule has 1 aromatic carbocycles. The number of benzene rings is 1. The van der Waals surface area contributed by atoms with Crippen LogP contribution in [0.3, 0.4) is 0 Å². The van der Waals surface area contributed by atoms with Crippen molar-refractivity contribution in [3.63, 3.8) is 0 Å². The highest BCUT2D eigenvalue weighted by Gasteiger charge is 2.43. The zero-order valence-electron chi connectivity index (χ0n) is 20.8. The second kappa shape index (κ2) is 10.1. The van der Waals surface area contributed by atoms with Crippen LogP contribution in [0.25, 0.3) is 12.2 Å². The Hall–Kier alpha value is -2.53. The minimum atomic E-state index is -3.89. The predicted octanol–water partition coefficient (Wildman–Crippen LogP) is 3.23. The van der Waals surface area contributed by atoms with Gasteiger partial charge in [-0.2, -0.15) is 4.31 Å². The number of likely N-dealkylation sites (tertiary alicyclic amines) is 1. The third kappa shape index (κ3) is 5.00. The van der Waals surface area contributed by atoms with Crippen LogP contribution in [0.5, 0.6) is 0 Å². The molecule has 0 radical (unpaired) electrons. The Bertz CT molecular complexity index is 1220. The van der Waals surface area contributed by atoms with Crippen molar-refractivity contribution in [3.05, 3.63) is 46.8 Å². The van der Waals surface area contributed by atoms with E-state index in [2.05, 4.69) is 5.16 Å². The summed E-state index contributed by atoms with van der Waals surface area (Å²) in [6.45, 7) is 6.45. The molecule has 10 heteroatoms. The van der Waals surface area contributed by atoms with E-state index in [1.807, 2.05) is 42.2 Å². The number of amides is 1. The maximum Gasteiger partial charge on any atom is 0.248 e. The number of nitrogens with zero attached hydrogens (tertiary/aromatic N) is 3. The smallest absolute Gasteiger partial charge is 0.248 e. The third-order valence-electron chi connectivity index (χ3n) is 7.32. The number of piperidine rings is 2. The summed E-state index contributed by atoms with van der Waals surface area (Å²) in [7, 11) is -3.89. The van der Waals surface area contributed by atoms with Crippen molar-refractivity contribution in [1.82, 2.24) is 14.4 Å². The minimum Gasteiger partial charge on any atom is -0.355 e. The molecule has 1 unspecified atom stereocenters. The van der Waals surface area contributed by atoms with E-state index in [1.165, 1.54) is 4.31 Å². The van der Waals surface area contributed by atoms with Crippen molar-refractivity contribution in [2.24, 2.45) is 5.92 Å². The second-order valence-corrected chi connectivity index (χ2v) is 11.7. The quantitative estimate of drug-likeness (QED) is 0.602. The highest BCUT2D eigenvalue weighted by Crippen LogP contribution is 2.34. The first-order valence-electron chi connectivity index (χ1n) is 12.6. The summed E-state index contributed by atoms with van der Waals surface area (Å²) in [5, 5.41) is 3.94. The molecule has 3 saturated heterocycles. The van der Waals surface area contributed by atoms with Gasteiger partial charge in [-0.3, -0.25) is 4.79 Å². The molecular weight excluding hydrogens is 482 g/mol. The average Bonchev–Trinajstić information content (AvgIpc) is 3.50. The fourth-order valence-electron chi connectivity index (χ4n) is 5.25. The van der Waals surface area contributed by atoms with Gasteiger partial charge in [-0.05, 0) is 38.3 Å². The number of ether oxygens (including phenoxy) is 2. The lowest BCUT2D eigenvalue weighted by Crippen LogP contribution is -2.51. The van der Waals surface area contributed by atoms with Crippen molar-refractivity contribution < 1.29 is 27.2 Å². The molecule has 1 aromatic heterocycles. The third-order valence-corrected chi connectivity index (χ3v) is 9.34. The Kier molecular flexibility index (Phi) is 7.04. The van der Waals surface area contributed by atoms with E-state index in [1.54, 1.807) is 13.0 Å². The molecule has 0 saturated carbocycles. The molecule has 1 atom stereocenters. The number of carbonyl (C=O) groups is 1. The molecule has 3 aliphatic heterocycles. The van der Waals surface area contributed by atoms with Crippen LogP contribution in [0.1, 0.15) is 48.3 Å². The minimum absolute atomic E-state index is 0.00396. The fourth-order valence-corrected chi connectivity index (χ4v) is 7.03. The van der Waals surface area contributed by atoms with Gasteiger partial charge >= 0.3 is 0 Å². The highest BCUT2D eigenvalue weighted by atomic mass is 32.2. The van der Waals surface area contributed by atoms with Gasteiger partial charge in [-0.15, -0.1) is 0 Å². The Morgan fingerprint density at radius 1 is 1.06 bits per heavy atom. The molecule has 3 fully saturated rings. The number of hydrogen-bond donors (Lipinski definition) is 0. The van der Waals surface area contributed by atoms with Crippen molar-refractivity contribution in [3.8, 4) is 0 Å². The lowest BCUT2D eigenvalue weighted by molar-refractivity contribution is -0.188. The van der Waals surface area contributed by atoms with Crippen molar-refractivity contribution >= 4 is 28.1 Å². The van der Waals surface area contributed by atoms with Crippen molar-refractivity contribution in [2.45, 2.75) is 50.2 Å². The first-order valence-corrected chi connectivity index (χ1v) is 14.0. The Morgan fingerprint density at radius 3 is 2.44 bits per heavy atom. The van der Waals surface area contributed by atoms with E-state index >= 15 is 0 Å². The molecular formula is C26H33N3O6S. The van der Waals surface area contributed by atoms with E-state index in [-0.39, 0.29) is 29.0 Å². The monoisotopic (exact) mass is 515 g/mol.